The molecule has 126 valence electrons. The maximum Gasteiger partial charge on any atom is 0.167 e. The Kier molecular flexibility index (Phi) is 4.70. The molecule has 0 aliphatic heterocycles. The number of hydrogen-bond acceptors (Lipinski definition) is 3. The predicted molar refractivity (Wildman–Crippen MR) is 104 cm³/mol. The standard InChI is InChI=1S/C23H18N2O/c1-4-10-18(11-5-1)17-24-23(20-14-8-3-9-15-20)21-16-22(26-25-21)19-12-6-2-7-13-19/h1-17,23H. The Hall–Kier alpha value is -3.46. The van der Waals surface area contributed by atoms with Gasteiger partial charge in [-0.05, 0) is 11.1 Å². The first-order valence-electron chi connectivity index (χ1n) is 8.55. The Labute approximate surface area is 152 Å². The molecule has 0 fully saturated rings. The summed E-state index contributed by atoms with van der Waals surface area (Å²) in [7, 11) is 0. The molecule has 1 heterocycles. The molecule has 0 saturated carbocycles. The van der Waals surface area contributed by atoms with Crippen LogP contribution in [0.1, 0.15) is 22.9 Å². The normalized spacial score (nSPS) is 12.3. The summed E-state index contributed by atoms with van der Waals surface area (Å²) in [6.45, 7) is 0. The van der Waals surface area contributed by atoms with E-state index in [1.54, 1.807) is 0 Å². The SMILES string of the molecule is C(=NC(c1ccccc1)c1cc(-c2ccccc2)on1)c1ccccc1. The highest BCUT2D eigenvalue weighted by Gasteiger charge is 2.18. The van der Waals surface area contributed by atoms with Crippen molar-refractivity contribution in [3.8, 4) is 11.3 Å². The smallest absolute Gasteiger partial charge is 0.167 e. The van der Waals surface area contributed by atoms with E-state index in [0.29, 0.717) is 0 Å². The molecule has 1 unspecified atom stereocenters. The molecule has 0 radical (unpaired) electrons. The summed E-state index contributed by atoms with van der Waals surface area (Å²) in [5.74, 6) is 0.747. The zero-order chi connectivity index (χ0) is 17.6. The molecule has 3 aromatic carbocycles. The van der Waals surface area contributed by atoms with Gasteiger partial charge < -0.3 is 4.52 Å². The molecule has 1 aromatic heterocycles. The van der Waals surface area contributed by atoms with E-state index in [1.807, 2.05) is 91.1 Å². The molecular formula is C23H18N2O. The first-order chi connectivity index (χ1) is 12.9. The molecule has 0 saturated heterocycles. The summed E-state index contributed by atoms with van der Waals surface area (Å²) in [6, 6.07) is 31.9. The molecular weight excluding hydrogens is 320 g/mol. The first-order valence-corrected chi connectivity index (χ1v) is 8.55. The molecule has 0 amide bonds. The fraction of sp³-hybridized carbons (Fsp3) is 0.0435. The lowest BCUT2D eigenvalue weighted by molar-refractivity contribution is 0.420. The number of rotatable bonds is 5. The number of nitrogens with zero attached hydrogens (tertiary/aromatic N) is 2. The molecule has 0 N–H and O–H groups in total. The minimum absolute atomic E-state index is 0.211. The molecule has 4 aromatic rings. The fourth-order valence-corrected chi connectivity index (χ4v) is 2.82. The molecule has 0 spiro atoms. The van der Waals surface area contributed by atoms with Gasteiger partial charge in [0.25, 0.3) is 0 Å². The van der Waals surface area contributed by atoms with Gasteiger partial charge >= 0.3 is 0 Å². The molecule has 26 heavy (non-hydrogen) atoms. The third kappa shape index (κ3) is 3.62. The fourth-order valence-electron chi connectivity index (χ4n) is 2.82. The van der Waals surface area contributed by atoms with Crippen LogP contribution in [0.5, 0.6) is 0 Å². The summed E-state index contributed by atoms with van der Waals surface area (Å²) < 4.78 is 5.58. The summed E-state index contributed by atoms with van der Waals surface area (Å²) in [4.78, 5) is 4.79. The topological polar surface area (TPSA) is 38.4 Å². The van der Waals surface area contributed by atoms with Crippen LogP contribution in [0.2, 0.25) is 0 Å². The summed E-state index contributed by atoms with van der Waals surface area (Å²) >= 11 is 0. The third-order valence-corrected chi connectivity index (χ3v) is 4.15. The number of hydrogen-bond donors (Lipinski definition) is 0. The van der Waals surface area contributed by atoms with Crippen LogP contribution >= 0.6 is 0 Å². The molecule has 3 heteroatoms. The first kappa shape index (κ1) is 16.0. The van der Waals surface area contributed by atoms with E-state index < -0.39 is 0 Å². The lowest BCUT2D eigenvalue weighted by Gasteiger charge is -2.09. The number of benzene rings is 3. The van der Waals surface area contributed by atoms with E-state index in [4.69, 9.17) is 9.52 Å². The molecule has 0 aliphatic rings. The van der Waals surface area contributed by atoms with Crippen LogP contribution in [0, 0.1) is 0 Å². The number of aliphatic imine (C=N–C) groups is 1. The average Bonchev–Trinajstić information content (AvgIpc) is 3.20. The molecule has 4 rings (SSSR count). The highest BCUT2D eigenvalue weighted by Crippen LogP contribution is 2.29. The van der Waals surface area contributed by atoms with E-state index in [-0.39, 0.29) is 6.04 Å². The predicted octanol–water partition coefficient (Wildman–Crippen LogP) is 5.55. The summed E-state index contributed by atoms with van der Waals surface area (Å²) in [5, 5.41) is 4.29. The molecule has 0 aliphatic carbocycles. The van der Waals surface area contributed by atoms with Crippen LogP contribution in [-0.2, 0) is 0 Å². The van der Waals surface area contributed by atoms with Crippen molar-refractivity contribution < 1.29 is 4.52 Å². The second-order valence-corrected chi connectivity index (χ2v) is 5.98. The minimum atomic E-state index is -0.211. The van der Waals surface area contributed by atoms with Crippen LogP contribution in [0.4, 0.5) is 0 Å². The lowest BCUT2D eigenvalue weighted by atomic mass is 10.0. The van der Waals surface area contributed by atoms with Gasteiger partial charge in [-0.1, -0.05) is 96.2 Å². The van der Waals surface area contributed by atoms with Crippen molar-refractivity contribution in [1.29, 1.82) is 0 Å². The summed E-state index contributed by atoms with van der Waals surface area (Å²) in [6.07, 6.45) is 1.88. The van der Waals surface area contributed by atoms with Crippen LogP contribution in [0.3, 0.4) is 0 Å². The van der Waals surface area contributed by atoms with E-state index in [0.717, 1.165) is 28.1 Å². The average molecular weight is 338 g/mol. The highest BCUT2D eigenvalue weighted by molar-refractivity contribution is 5.79. The van der Waals surface area contributed by atoms with Gasteiger partial charge in [0.1, 0.15) is 11.7 Å². The Morgan fingerprint density at radius 1 is 0.769 bits per heavy atom. The highest BCUT2D eigenvalue weighted by atomic mass is 16.5. The van der Waals surface area contributed by atoms with Crippen LogP contribution < -0.4 is 0 Å². The van der Waals surface area contributed by atoms with Gasteiger partial charge in [0.2, 0.25) is 0 Å². The van der Waals surface area contributed by atoms with Crippen molar-refractivity contribution in [3.63, 3.8) is 0 Å². The Morgan fingerprint density at radius 2 is 1.38 bits per heavy atom. The summed E-state index contributed by atoms with van der Waals surface area (Å²) in [5.41, 5.74) is 3.93. The number of aromatic nitrogens is 1. The van der Waals surface area contributed by atoms with Gasteiger partial charge in [0.05, 0.1) is 0 Å². The van der Waals surface area contributed by atoms with Gasteiger partial charge in [0.15, 0.2) is 5.76 Å². The van der Waals surface area contributed by atoms with Gasteiger partial charge in [-0.3, -0.25) is 4.99 Å². The van der Waals surface area contributed by atoms with Gasteiger partial charge in [-0.15, -0.1) is 0 Å². The zero-order valence-electron chi connectivity index (χ0n) is 14.2. The van der Waals surface area contributed by atoms with Crippen LogP contribution in [-0.4, -0.2) is 11.4 Å². The maximum absolute atomic E-state index is 5.58. The van der Waals surface area contributed by atoms with Crippen molar-refractivity contribution >= 4 is 6.21 Å². The third-order valence-electron chi connectivity index (χ3n) is 4.15. The van der Waals surface area contributed by atoms with Crippen molar-refractivity contribution in [2.24, 2.45) is 4.99 Å². The van der Waals surface area contributed by atoms with E-state index >= 15 is 0 Å². The molecule has 1 atom stereocenters. The quantitative estimate of drug-likeness (QED) is 0.447. The van der Waals surface area contributed by atoms with Crippen molar-refractivity contribution in [2.45, 2.75) is 6.04 Å². The van der Waals surface area contributed by atoms with Gasteiger partial charge in [-0.2, -0.15) is 0 Å². The zero-order valence-corrected chi connectivity index (χ0v) is 14.2. The van der Waals surface area contributed by atoms with Gasteiger partial charge in [0, 0.05) is 17.8 Å². The van der Waals surface area contributed by atoms with E-state index in [9.17, 15) is 0 Å². The second kappa shape index (κ2) is 7.62. The van der Waals surface area contributed by atoms with E-state index in [1.165, 1.54) is 0 Å². The lowest BCUT2D eigenvalue weighted by Crippen LogP contribution is -1.99. The largest absolute Gasteiger partial charge is 0.356 e. The Morgan fingerprint density at radius 3 is 2.08 bits per heavy atom. The second-order valence-electron chi connectivity index (χ2n) is 5.98. The monoisotopic (exact) mass is 338 g/mol. The minimum Gasteiger partial charge on any atom is -0.356 e. The van der Waals surface area contributed by atoms with Crippen molar-refractivity contribution in [2.75, 3.05) is 0 Å². The van der Waals surface area contributed by atoms with E-state index in [2.05, 4.69) is 17.3 Å². The van der Waals surface area contributed by atoms with Crippen LogP contribution in [0.15, 0.2) is 107 Å². The Balaban J connectivity index is 1.70. The maximum atomic E-state index is 5.58. The molecule has 0 bridgehead atoms. The van der Waals surface area contributed by atoms with Gasteiger partial charge in [-0.25, -0.2) is 0 Å². The van der Waals surface area contributed by atoms with Crippen LogP contribution in [0.25, 0.3) is 11.3 Å². The molecule has 3 nitrogen and oxygen atoms in total. The Bertz CT molecular complexity index is 976. The van der Waals surface area contributed by atoms with Crippen molar-refractivity contribution in [1.82, 2.24) is 5.16 Å². The van der Waals surface area contributed by atoms with Crippen molar-refractivity contribution in [3.05, 3.63) is 114 Å².